The van der Waals surface area contributed by atoms with Crippen LogP contribution in [0.4, 0.5) is 20.6 Å². The molecular formula is C29H30FN3O4. The van der Waals surface area contributed by atoms with Crippen molar-refractivity contribution >= 4 is 39.9 Å². The van der Waals surface area contributed by atoms with Crippen molar-refractivity contribution in [1.29, 1.82) is 0 Å². The molecule has 8 heteroatoms. The van der Waals surface area contributed by atoms with Crippen LogP contribution in [0.5, 0.6) is 0 Å². The van der Waals surface area contributed by atoms with Gasteiger partial charge in [0, 0.05) is 31.5 Å². The third-order valence-corrected chi connectivity index (χ3v) is 6.99. The minimum Gasteiger partial charge on any atom is -0.442 e. The van der Waals surface area contributed by atoms with Crippen LogP contribution in [-0.2, 0) is 9.53 Å². The van der Waals surface area contributed by atoms with Crippen molar-refractivity contribution in [3.63, 3.8) is 0 Å². The van der Waals surface area contributed by atoms with Gasteiger partial charge in [-0.2, -0.15) is 0 Å². The summed E-state index contributed by atoms with van der Waals surface area (Å²) in [6.07, 6.45) is 2.25. The van der Waals surface area contributed by atoms with E-state index >= 15 is 0 Å². The highest BCUT2D eigenvalue weighted by Gasteiger charge is 2.33. The summed E-state index contributed by atoms with van der Waals surface area (Å²) in [6.45, 7) is 1.99. The Morgan fingerprint density at radius 3 is 2.51 bits per heavy atom. The standard InChI is InChI=1S/C29H30FN3O4/c30-25-17-23(10-11-26(25)32-14-4-1-5-15-32)33-19-24(37-29(33)36)18-31-28(35)13-12-27(34)22-9-8-20-6-2-3-7-21(20)16-22/h2-3,6-11,16-17,24H,1,4-5,12-15,18-19H2,(H,31,35)/t24-/m0/s1. The van der Waals surface area contributed by atoms with Gasteiger partial charge in [0.05, 0.1) is 24.5 Å². The van der Waals surface area contributed by atoms with Gasteiger partial charge in [0.25, 0.3) is 0 Å². The second kappa shape index (κ2) is 11.0. The number of nitrogens with zero attached hydrogens (tertiary/aromatic N) is 2. The van der Waals surface area contributed by atoms with Gasteiger partial charge in [-0.1, -0.05) is 36.4 Å². The fourth-order valence-electron chi connectivity index (χ4n) is 4.94. The van der Waals surface area contributed by atoms with Gasteiger partial charge in [0.15, 0.2) is 5.78 Å². The summed E-state index contributed by atoms with van der Waals surface area (Å²) in [7, 11) is 0. The van der Waals surface area contributed by atoms with Gasteiger partial charge in [0.1, 0.15) is 11.9 Å². The van der Waals surface area contributed by atoms with E-state index < -0.39 is 12.2 Å². The SMILES string of the molecule is O=C(CCC(=O)c1ccc2ccccc2c1)NC[C@H]1CN(c2ccc(N3CCCCC3)c(F)c2)C(=O)O1. The lowest BCUT2D eigenvalue weighted by molar-refractivity contribution is -0.121. The van der Waals surface area contributed by atoms with E-state index in [1.807, 2.05) is 41.3 Å². The summed E-state index contributed by atoms with van der Waals surface area (Å²) in [5.74, 6) is -0.755. The molecule has 2 aliphatic rings. The molecule has 37 heavy (non-hydrogen) atoms. The van der Waals surface area contributed by atoms with E-state index in [2.05, 4.69) is 5.32 Å². The van der Waals surface area contributed by atoms with Crippen molar-refractivity contribution < 1.29 is 23.5 Å². The first-order valence-corrected chi connectivity index (χ1v) is 12.8. The van der Waals surface area contributed by atoms with E-state index in [9.17, 15) is 18.8 Å². The lowest BCUT2D eigenvalue weighted by Gasteiger charge is -2.29. The molecule has 2 fully saturated rings. The minimum absolute atomic E-state index is 0.0409. The Labute approximate surface area is 215 Å². The number of piperidine rings is 1. The molecule has 3 aromatic rings. The maximum atomic E-state index is 14.8. The summed E-state index contributed by atoms with van der Waals surface area (Å²) in [5, 5.41) is 4.77. The van der Waals surface area contributed by atoms with Crippen LogP contribution in [0.1, 0.15) is 42.5 Å². The van der Waals surface area contributed by atoms with Crippen molar-refractivity contribution in [2.45, 2.75) is 38.2 Å². The number of anilines is 2. The number of ketones is 1. The number of hydrogen-bond donors (Lipinski definition) is 1. The average Bonchev–Trinajstić information content (AvgIpc) is 3.31. The van der Waals surface area contributed by atoms with Crippen molar-refractivity contribution in [3.05, 3.63) is 72.0 Å². The Balaban J connectivity index is 1.10. The van der Waals surface area contributed by atoms with Crippen molar-refractivity contribution in [2.24, 2.45) is 0 Å². The fourth-order valence-corrected chi connectivity index (χ4v) is 4.94. The molecule has 0 radical (unpaired) electrons. The van der Waals surface area contributed by atoms with E-state index in [0.29, 0.717) is 16.9 Å². The smallest absolute Gasteiger partial charge is 0.414 e. The monoisotopic (exact) mass is 503 g/mol. The topological polar surface area (TPSA) is 79.0 Å². The first kappa shape index (κ1) is 24.7. The van der Waals surface area contributed by atoms with Crippen LogP contribution in [0.2, 0.25) is 0 Å². The van der Waals surface area contributed by atoms with Crippen molar-refractivity contribution in [1.82, 2.24) is 5.32 Å². The van der Waals surface area contributed by atoms with Gasteiger partial charge in [-0.3, -0.25) is 14.5 Å². The number of cyclic esters (lactones) is 1. The summed E-state index contributed by atoms with van der Waals surface area (Å²) < 4.78 is 20.2. The molecule has 0 unspecified atom stereocenters. The molecule has 0 saturated carbocycles. The molecule has 2 saturated heterocycles. The van der Waals surface area contributed by atoms with Crippen molar-refractivity contribution in [3.8, 4) is 0 Å². The summed E-state index contributed by atoms with van der Waals surface area (Å²) in [4.78, 5) is 40.7. The molecule has 1 atom stereocenters. The molecule has 2 aliphatic heterocycles. The number of benzene rings is 3. The number of rotatable bonds is 8. The molecule has 0 spiro atoms. The van der Waals surface area contributed by atoms with E-state index in [4.69, 9.17) is 4.74 Å². The van der Waals surface area contributed by atoms with Gasteiger partial charge >= 0.3 is 6.09 Å². The zero-order valence-electron chi connectivity index (χ0n) is 20.6. The lowest BCUT2D eigenvalue weighted by Crippen LogP contribution is -2.34. The Morgan fingerprint density at radius 1 is 0.946 bits per heavy atom. The van der Waals surface area contributed by atoms with Crippen LogP contribution in [0.3, 0.4) is 0 Å². The number of ether oxygens (including phenoxy) is 1. The first-order chi connectivity index (χ1) is 18.0. The number of Topliss-reactive ketones (excluding diaryl/α,β-unsaturated/α-hetero) is 1. The normalized spacial score (nSPS) is 17.6. The molecule has 0 bridgehead atoms. The second-order valence-electron chi connectivity index (χ2n) is 9.59. The van der Waals surface area contributed by atoms with E-state index in [1.165, 1.54) is 11.0 Å². The Hall–Kier alpha value is -3.94. The molecule has 192 valence electrons. The summed E-state index contributed by atoms with van der Waals surface area (Å²) in [6, 6.07) is 18.1. The fraction of sp³-hybridized carbons (Fsp3) is 0.345. The number of carbonyl (C=O) groups is 3. The first-order valence-electron chi connectivity index (χ1n) is 12.8. The lowest BCUT2D eigenvalue weighted by atomic mass is 10.0. The van der Waals surface area contributed by atoms with E-state index in [0.717, 1.165) is 43.1 Å². The zero-order chi connectivity index (χ0) is 25.8. The van der Waals surface area contributed by atoms with Crippen LogP contribution >= 0.6 is 0 Å². The molecule has 3 aromatic carbocycles. The predicted octanol–water partition coefficient (Wildman–Crippen LogP) is 5.07. The molecule has 0 aliphatic carbocycles. The number of nitrogens with one attached hydrogen (secondary N) is 1. The number of fused-ring (bicyclic) bond motifs is 1. The van der Waals surface area contributed by atoms with Gasteiger partial charge in [-0.25, -0.2) is 9.18 Å². The summed E-state index contributed by atoms with van der Waals surface area (Å²) >= 11 is 0. The Morgan fingerprint density at radius 2 is 1.73 bits per heavy atom. The highest BCUT2D eigenvalue weighted by atomic mass is 19.1. The molecule has 1 N–H and O–H groups in total. The number of carbonyl (C=O) groups excluding carboxylic acids is 3. The zero-order valence-corrected chi connectivity index (χ0v) is 20.6. The van der Waals surface area contributed by atoms with Gasteiger partial charge in [-0.05, 0) is 54.3 Å². The van der Waals surface area contributed by atoms with Crippen molar-refractivity contribution in [2.75, 3.05) is 36.0 Å². The molecule has 0 aromatic heterocycles. The minimum atomic E-state index is -0.573. The van der Waals surface area contributed by atoms with E-state index in [1.54, 1.807) is 18.2 Å². The second-order valence-corrected chi connectivity index (χ2v) is 9.59. The van der Waals surface area contributed by atoms with Gasteiger partial charge < -0.3 is 15.0 Å². The van der Waals surface area contributed by atoms with Crippen LogP contribution in [0.25, 0.3) is 10.8 Å². The van der Waals surface area contributed by atoms with E-state index in [-0.39, 0.29) is 43.4 Å². The molecule has 7 nitrogen and oxygen atoms in total. The molecule has 2 amide bonds. The quantitative estimate of drug-likeness (QED) is 0.434. The highest BCUT2D eigenvalue weighted by molar-refractivity contribution is 6.01. The third kappa shape index (κ3) is 5.74. The van der Waals surface area contributed by atoms with Crippen LogP contribution < -0.4 is 15.1 Å². The molecular weight excluding hydrogens is 473 g/mol. The largest absolute Gasteiger partial charge is 0.442 e. The Bertz CT molecular complexity index is 1320. The maximum absolute atomic E-state index is 14.8. The van der Waals surface area contributed by atoms with Crippen LogP contribution in [-0.4, -0.2) is 50.1 Å². The third-order valence-electron chi connectivity index (χ3n) is 6.99. The Kier molecular flexibility index (Phi) is 7.35. The molecule has 2 heterocycles. The van der Waals surface area contributed by atoms with Crippen LogP contribution in [0.15, 0.2) is 60.7 Å². The summed E-state index contributed by atoms with van der Waals surface area (Å²) in [5.41, 5.74) is 1.56. The van der Waals surface area contributed by atoms with Gasteiger partial charge in [-0.15, -0.1) is 0 Å². The highest BCUT2D eigenvalue weighted by Crippen LogP contribution is 2.29. The van der Waals surface area contributed by atoms with Crippen LogP contribution in [0, 0.1) is 5.82 Å². The number of amides is 2. The number of hydrogen-bond acceptors (Lipinski definition) is 5. The molecule has 5 rings (SSSR count). The maximum Gasteiger partial charge on any atom is 0.414 e. The number of halogens is 1. The van der Waals surface area contributed by atoms with Gasteiger partial charge in [0.2, 0.25) is 5.91 Å². The average molecular weight is 504 g/mol. The predicted molar refractivity (Wildman–Crippen MR) is 141 cm³/mol.